The SMILES string of the molecule is CC(C)(C)c1cc(-c2nnc(-c3ccc(O)cc3)o2)cc(C(C)(C)C)c1O. The first-order valence-corrected chi connectivity index (χ1v) is 8.98. The van der Waals surface area contributed by atoms with E-state index in [1.807, 2.05) is 12.1 Å². The van der Waals surface area contributed by atoms with Crippen molar-refractivity contribution in [2.45, 2.75) is 52.4 Å². The van der Waals surface area contributed by atoms with Crippen LogP contribution in [0.2, 0.25) is 0 Å². The number of phenols is 2. The highest BCUT2D eigenvalue weighted by molar-refractivity contribution is 5.64. The highest BCUT2D eigenvalue weighted by Crippen LogP contribution is 2.42. The molecule has 1 heterocycles. The van der Waals surface area contributed by atoms with Crippen LogP contribution in [0.5, 0.6) is 11.5 Å². The highest BCUT2D eigenvalue weighted by atomic mass is 16.4. The molecule has 0 atom stereocenters. The minimum Gasteiger partial charge on any atom is -0.508 e. The Labute approximate surface area is 159 Å². The van der Waals surface area contributed by atoms with E-state index >= 15 is 0 Å². The van der Waals surface area contributed by atoms with Gasteiger partial charge in [0.05, 0.1) is 0 Å². The first kappa shape index (κ1) is 19.0. The number of rotatable bonds is 2. The van der Waals surface area contributed by atoms with E-state index in [4.69, 9.17) is 4.42 Å². The molecule has 0 saturated carbocycles. The van der Waals surface area contributed by atoms with Crippen molar-refractivity contribution >= 4 is 0 Å². The van der Waals surface area contributed by atoms with E-state index in [0.717, 1.165) is 22.3 Å². The van der Waals surface area contributed by atoms with E-state index in [9.17, 15) is 10.2 Å². The quantitative estimate of drug-likeness (QED) is 0.634. The molecule has 0 spiro atoms. The van der Waals surface area contributed by atoms with Gasteiger partial charge in [0.25, 0.3) is 0 Å². The third-order valence-electron chi connectivity index (χ3n) is 4.51. The molecular formula is C22H26N2O3. The zero-order valence-electron chi connectivity index (χ0n) is 16.7. The van der Waals surface area contributed by atoms with Crippen molar-refractivity contribution in [2.24, 2.45) is 0 Å². The highest BCUT2D eigenvalue weighted by Gasteiger charge is 2.27. The lowest BCUT2D eigenvalue weighted by molar-refractivity contribution is 0.423. The van der Waals surface area contributed by atoms with E-state index in [1.165, 1.54) is 0 Å². The van der Waals surface area contributed by atoms with Crippen molar-refractivity contribution in [1.82, 2.24) is 10.2 Å². The molecule has 0 aliphatic carbocycles. The molecule has 2 aromatic carbocycles. The van der Waals surface area contributed by atoms with Crippen LogP contribution in [0.15, 0.2) is 40.8 Å². The van der Waals surface area contributed by atoms with Crippen LogP contribution >= 0.6 is 0 Å². The van der Waals surface area contributed by atoms with Crippen molar-refractivity contribution in [3.63, 3.8) is 0 Å². The fraction of sp³-hybridized carbons (Fsp3) is 0.364. The summed E-state index contributed by atoms with van der Waals surface area (Å²) in [6.45, 7) is 12.4. The maximum absolute atomic E-state index is 10.9. The molecule has 3 aromatic rings. The molecule has 0 aliphatic rings. The first-order chi connectivity index (χ1) is 12.5. The van der Waals surface area contributed by atoms with Crippen LogP contribution < -0.4 is 0 Å². The molecule has 0 amide bonds. The number of hydrogen-bond acceptors (Lipinski definition) is 5. The molecule has 0 saturated heterocycles. The van der Waals surface area contributed by atoms with Gasteiger partial charge in [0, 0.05) is 22.3 Å². The van der Waals surface area contributed by atoms with Gasteiger partial charge in [-0.3, -0.25) is 0 Å². The predicted octanol–water partition coefficient (Wildman–Crippen LogP) is 5.41. The maximum Gasteiger partial charge on any atom is 0.248 e. The van der Waals surface area contributed by atoms with Crippen LogP contribution in [-0.2, 0) is 10.8 Å². The lowest BCUT2D eigenvalue weighted by Gasteiger charge is -2.27. The summed E-state index contributed by atoms with van der Waals surface area (Å²) in [6.07, 6.45) is 0. The van der Waals surface area contributed by atoms with Crippen molar-refractivity contribution in [2.75, 3.05) is 0 Å². The molecule has 0 radical (unpaired) electrons. The lowest BCUT2D eigenvalue weighted by atomic mass is 9.78. The van der Waals surface area contributed by atoms with Gasteiger partial charge in [0.1, 0.15) is 11.5 Å². The minimum atomic E-state index is -0.236. The van der Waals surface area contributed by atoms with Crippen molar-refractivity contribution in [3.8, 4) is 34.4 Å². The normalized spacial score (nSPS) is 12.4. The lowest BCUT2D eigenvalue weighted by Crippen LogP contribution is -2.17. The third-order valence-corrected chi connectivity index (χ3v) is 4.51. The molecule has 0 unspecified atom stereocenters. The predicted molar refractivity (Wildman–Crippen MR) is 106 cm³/mol. The van der Waals surface area contributed by atoms with Crippen LogP contribution in [-0.4, -0.2) is 20.4 Å². The summed E-state index contributed by atoms with van der Waals surface area (Å²) in [4.78, 5) is 0. The van der Waals surface area contributed by atoms with E-state index in [0.29, 0.717) is 17.5 Å². The Morgan fingerprint density at radius 1 is 0.704 bits per heavy atom. The topological polar surface area (TPSA) is 79.4 Å². The summed E-state index contributed by atoms with van der Waals surface area (Å²) >= 11 is 0. The van der Waals surface area contributed by atoms with E-state index < -0.39 is 0 Å². The Bertz CT molecular complexity index is 923. The summed E-state index contributed by atoms with van der Waals surface area (Å²) in [5.74, 6) is 1.28. The average Bonchev–Trinajstić information content (AvgIpc) is 3.03. The van der Waals surface area contributed by atoms with Gasteiger partial charge in [-0.05, 0) is 47.2 Å². The number of nitrogens with zero attached hydrogens (tertiary/aromatic N) is 2. The van der Waals surface area contributed by atoms with Gasteiger partial charge in [-0.25, -0.2) is 0 Å². The monoisotopic (exact) mass is 366 g/mol. The molecule has 3 rings (SSSR count). The number of aromatic hydroxyl groups is 2. The summed E-state index contributed by atoms with van der Waals surface area (Å²) in [7, 11) is 0. The molecule has 27 heavy (non-hydrogen) atoms. The number of hydrogen-bond donors (Lipinski definition) is 2. The molecule has 5 heteroatoms. The molecule has 2 N–H and O–H groups in total. The molecule has 142 valence electrons. The Balaban J connectivity index is 2.13. The van der Waals surface area contributed by atoms with Gasteiger partial charge in [0.2, 0.25) is 11.8 Å². The number of benzene rings is 2. The Hall–Kier alpha value is -2.82. The number of aromatic nitrogens is 2. The number of phenolic OH excluding ortho intramolecular Hbond substituents is 2. The average molecular weight is 366 g/mol. The molecular weight excluding hydrogens is 340 g/mol. The van der Waals surface area contributed by atoms with Crippen LogP contribution in [0.1, 0.15) is 52.7 Å². The molecule has 0 fully saturated rings. The van der Waals surface area contributed by atoms with Crippen molar-refractivity contribution in [3.05, 3.63) is 47.5 Å². The second kappa shape index (κ2) is 6.41. The molecule has 1 aromatic heterocycles. The van der Waals surface area contributed by atoms with E-state index in [2.05, 4.69) is 51.7 Å². The summed E-state index contributed by atoms with van der Waals surface area (Å²) in [6, 6.07) is 10.4. The van der Waals surface area contributed by atoms with Gasteiger partial charge in [0.15, 0.2) is 0 Å². The van der Waals surface area contributed by atoms with Crippen LogP contribution in [0.3, 0.4) is 0 Å². The minimum absolute atomic E-state index is 0.182. The Morgan fingerprint density at radius 2 is 1.15 bits per heavy atom. The molecule has 0 aliphatic heterocycles. The van der Waals surface area contributed by atoms with Gasteiger partial charge in [-0.1, -0.05) is 41.5 Å². The van der Waals surface area contributed by atoms with Gasteiger partial charge in [-0.2, -0.15) is 0 Å². The maximum atomic E-state index is 10.9. The fourth-order valence-corrected chi connectivity index (χ4v) is 2.96. The van der Waals surface area contributed by atoms with Crippen LogP contribution in [0, 0.1) is 0 Å². The second-order valence-electron chi connectivity index (χ2n) is 8.88. The fourth-order valence-electron chi connectivity index (χ4n) is 2.96. The van der Waals surface area contributed by atoms with Crippen molar-refractivity contribution < 1.29 is 14.6 Å². The second-order valence-corrected chi connectivity index (χ2v) is 8.88. The smallest absolute Gasteiger partial charge is 0.248 e. The summed E-state index contributed by atoms with van der Waals surface area (Å²) < 4.78 is 5.89. The molecule has 5 nitrogen and oxygen atoms in total. The third kappa shape index (κ3) is 3.82. The van der Waals surface area contributed by atoms with Gasteiger partial charge >= 0.3 is 0 Å². The zero-order chi connectivity index (χ0) is 20.0. The molecule has 0 bridgehead atoms. The van der Waals surface area contributed by atoms with E-state index in [-0.39, 0.29) is 16.6 Å². The van der Waals surface area contributed by atoms with E-state index in [1.54, 1.807) is 24.3 Å². The standard InChI is InChI=1S/C22H26N2O3/c1-21(2,3)16-11-14(12-17(18(16)26)22(4,5)6)20-24-23-19(27-20)13-7-9-15(25)10-8-13/h7-12,25-26H,1-6H3. The Morgan fingerprint density at radius 3 is 1.59 bits per heavy atom. The summed E-state index contributed by atoms with van der Waals surface area (Å²) in [5, 5.41) is 28.6. The van der Waals surface area contributed by atoms with Gasteiger partial charge in [-0.15, -0.1) is 10.2 Å². The largest absolute Gasteiger partial charge is 0.508 e. The Kier molecular flexibility index (Phi) is 4.50. The van der Waals surface area contributed by atoms with Crippen molar-refractivity contribution in [1.29, 1.82) is 0 Å². The zero-order valence-corrected chi connectivity index (χ0v) is 16.7. The van der Waals surface area contributed by atoms with Crippen LogP contribution in [0.25, 0.3) is 22.9 Å². The summed E-state index contributed by atoms with van der Waals surface area (Å²) in [5.41, 5.74) is 2.72. The first-order valence-electron chi connectivity index (χ1n) is 8.98. The van der Waals surface area contributed by atoms with Crippen LogP contribution in [0.4, 0.5) is 0 Å². The van der Waals surface area contributed by atoms with Gasteiger partial charge < -0.3 is 14.6 Å².